The number of carbonyl (C=O) groups is 2. The standard InChI is InChI=1S/C52H52N4O7S/c1-34-27-38(15-16-39(34)29-53-31-46(58)43-18-20-45(57)49-44(43)19-22-48(59)55-49)50(60)54-30-42-17-21-47(64-42)37-11-8-14-41(28-37)52(62,40-12-6-3-7-13-40)51(61)63-33-36-23-25-56(26-24-36)32-35-9-4-2-5-10-35/h2-22,27-28,36,46,53,57-58,62H,23-26,29-33H2,1H3,(H,54,60)(H,55,59)/t46-,52-/m0/s1. The number of aromatic nitrogens is 1. The van der Waals surface area contributed by atoms with E-state index in [1.165, 1.54) is 29.0 Å². The molecule has 5 aromatic carbocycles. The van der Waals surface area contributed by atoms with Crippen LogP contribution in [-0.4, -0.2) is 63.3 Å². The summed E-state index contributed by atoms with van der Waals surface area (Å²) in [4.78, 5) is 46.0. The maximum atomic E-state index is 14.0. The number of amides is 1. The lowest BCUT2D eigenvalue weighted by atomic mass is 9.85. The molecule has 328 valence electrons. The highest BCUT2D eigenvalue weighted by Gasteiger charge is 2.42. The van der Waals surface area contributed by atoms with E-state index >= 15 is 0 Å². The molecule has 0 radical (unpaired) electrons. The number of esters is 1. The zero-order valence-corrected chi connectivity index (χ0v) is 36.4. The Bertz CT molecular complexity index is 2780. The summed E-state index contributed by atoms with van der Waals surface area (Å²) in [6, 6.07) is 42.2. The quantitative estimate of drug-likeness (QED) is 0.0534. The molecule has 2 aromatic heterocycles. The molecular formula is C52H52N4O7S. The Morgan fingerprint density at radius 1 is 0.859 bits per heavy atom. The van der Waals surface area contributed by atoms with E-state index in [0.29, 0.717) is 40.7 Å². The highest BCUT2D eigenvalue weighted by atomic mass is 32.1. The average Bonchev–Trinajstić information content (AvgIpc) is 3.81. The number of hydrogen-bond donors (Lipinski definition) is 6. The summed E-state index contributed by atoms with van der Waals surface area (Å²) in [7, 11) is 0. The lowest BCUT2D eigenvalue weighted by Gasteiger charge is -2.33. The number of piperidine rings is 1. The topological polar surface area (TPSA) is 164 Å². The number of likely N-dealkylation sites (tertiary alicyclic amines) is 1. The molecule has 1 aliphatic rings. The molecule has 1 amide bonds. The summed E-state index contributed by atoms with van der Waals surface area (Å²) in [5.41, 5.74) is 3.87. The molecule has 64 heavy (non-hydrogen) atoms. The Hall–Kier alpha value is -6.41. The minimum Gasteiger partial charge on any atom is -0.506 e. The number of thiophene rings is 1. The number of phenolic OH excluding ortho intramolecular Hbond substituents is 1. The van der Waals surface area contributed by atoms with E-state index in [4.69, 9.17) is 4.74 Å². The molecule has 3 heterocycles. The lowest BCUT2D eigenvalue weighted by molar-refractivity contribution is -0.164. The first-order valence-corrected chi connectivity index (χ1v) is 22.4. The third kappa shape index (κ3) is 10.2. The molecule has 0 aliphatic carbocycles. The van der Waals surface area contributed by atoms with E-state index in [9.17, 15) is 29.7 Å². The van der Waals surface area contributed by atoms with Crippen molar-refractivity contribution in [1.82, 2.24) is 20.5 Å². The van der Waals surface area contributed by atoms with Crippen molar-refractivity contribution in [2.45, 2.75) is 51.1 Å². The largest absolute Gasteiger partial charge is 0.506 e. The van der Waals surface area contributed by atoms with Crippen LogP contribution >= 0.6 is 11.3 Å². The number of fused-ring (bicyclic) bond motifs is 1. The lowest BCUT2D eigenvalue weighted by Crippen LogP contribution is -2.40. The van der Waals surface area contributed by atoms with Gasteiger partial charge in [-0.25, -0.2) is 4.79 Å². The van der Waals surface area contributed by atoms with E-state index in [-0.39, 0.29) is 41.8 Å². The number of benzene rings is 5. The molecule has 0 spiro atoms. The van der Waals surface area contributed by atoms with Crippen LogP contribution in [0.25, 0.3) is 21.3 Å². The Kier molecular flexibility index (Phi) is 13.8. The van der Waals surface area contributed by atoms with Gasteiger partial charge in [-0.1, -0.05) is 91.0 Å². The number of aliphatic hydroxyl groups is 2. The molecule has 1 aliphatic heterocycles. The smallest absolute Gasteiger partial charge is 0.347 e. The summed E-state index contributed by atoms with van der Waals surface area (Å²) in [5, 5.41) is 40.3. The number of aromatic amines is 1. The van der Waals surface area contributed by atoms with Gasteiger partial charge in [-0.2, -0.15) is 0 Å². The van der Waals surface area contributed by atoms with Crippen molar-refractivity contribution in [2.24, 2.45) is 5.92 Å². The maximum Gasteiger partial charge on any atom is 0.347 e. The van der Waals surface area contributed by atoms with Gasteiger partial charge in [-0.15, -0.1) is 11.3 Å². The number of pyridine rings is 1. The number of hydrogen-bond acceptors (Lipinski definition) is 10. The second-order valence-electron chi connectivity index (χ2n) is 16.5. The first-order valence-electron chi connectivity index (χ1n) is 21.6. The van der Waals surface area contributed by atoms with E-state index in [0.717, 1.165) is 58.9 Å². The van der Waals surface area contributed by atoms with Crippen LogP contribution < -0.4 is 16.2 Å². The maximum absolute atomic E-state index is 14.0. The van der Waals surface area contributed by atoms with Gasteiger partial charge in [-0.05, 0) is 115 Å². The third-order valence-corrected chi connectivity index (χ3v) is 13.2. The van der Waals surface area contributed by atoms with Gasteiger partial charge in [0.15, 0.2) is 0 Å². The van der Waals surface area contributed by atoms with Crippen LogP contribution in [0.3, 0.4) is 0 Å². The van der Waals surface area contributed by atoms with Crippen LogP contribution in [0.1, 0.15) is 67.6 Å². The van der Waals surface area contributed by atoms with Gasteiger partial charge >= 0.3 is 5.97 Å². The first kappa shape index (κ1) is 44.2. The molecule has 0 saturated carbocycles. The number of aryl methyl sites for hydroxylation is 1. The summed E-state index contributed by atoms with van der Waals surface area (Å²) in [5.74, 6) is -0.765. The van der Waals surface area contributed by atoms with Gasteiger partial charge in [0.2, 0.25) is 11.2 Å². The van der Waals surface area contributed by atoms with Gasteiger partial charge in [-0.3, -0.25) is 14.5 Å². The van der Waals surface area contributed by atoms with Crippen molar-refractivity contribution in [1.29, 1.82) is 0 Å². The van der Waals surface area contributed by atoms with Gasteiger partial charge in [0, 0.05) is 52.0 Å². The Balaban J connectivity index is 0.861. The Labute approximate surface area is 376 Å². The monoisotopic (exact) mass is 876 g/mol. The number of nitrogens with one attached hydrogen (secondary N) is 3. The van der Waals surface area contributed by atoms with Crippen molar-refractivity contribution in [3.05, 3.63) is 194 Å². The minimum absolute atomic E-state index is 0.0647. The number of carbonyl (C=O) groups excluding carboxylic acids is 2. The van der Waals surface area contributed by atoms with Crippen LogP contribution in [-0.2, 0) is 34.8 Å². The molecule has 0 unspecified atom stereocenters. The van der Waals surface area contributed by atoms with E-state index in [1.54, 1.807) is 48.5 Å². The van der Waals surface area contributed by atoms with Gasteiger partial charge in [0.25, 0.3) is 5.91 Å². The Morgan fingerprint density at radius 3 is 2.38 bits per heavy atom. The fourth-order valence-corrected chi connectivity index (χ4v) is 9.31. The molecule has 12 heteroatoms. The van der Waals surface area contributed by atoms with Crippen LogP contribution in [0.5, 0.6) is 5.75 Å². The second kappa shape index (κ2) is 20.0. The number of ether oxygens (including phenoxy) is 1. The molecule has 11 nitrogen and oxygen atoms in total. The summed E-state index contributed by atoms with van der Waals surface area (Å²) < 4.78 is 5.95. The molecular weight excluding hydrogens is 825 g/mol. The third-order valence-electron chi connectivity index (χ3n) is 12.1. The van der Waals surface area contributed by atoms with Crippen molar-refractivity contribution in [2.75, 3.05) is 26.2 Å². The predicted octanol–water partition coefficient (Wildman–Crippen LogP) is 7.72. The number of aliphatic hydroxyl groups excluding tert-OH is 1. The fraction of sp³-hybridized carbons (Fsp3) is 0.250. The van der Waals surface area contributed by atoms with Crippen molar-refractivity contribution < 1.29 is 29.6 Å². The van der Waals surface area contributed by atoms with Crippen LogP contribution in [0.4, 0.5) is 0 Å². The number of nitrogens with zero attached hydrogens (tertiary/aromatic N) is 1. The van der Waals surface area contributed by atoms with Crippen LogP contribution in [0.2, 0.25) is 0 Å². The van der Waals surface area contributed by atoms with Crippen molar-refractivity contribution in [3.8, 4) is 16.2 Å². The van der Waals surface area contributed by atoms with Gasteiger partial charge in [0.05, 0.1) is 24.8 Å². The van der Waals surface area contributed by atoms with Gasteiger partial charge in [0.1, 0.15) is 5.75 Å². The van der Waals surface area contributed by atoms with Crippen LogP contribution in [0.15, 0.2) is 144 Å². The number of H-pyrrole nitrogens is 1. The molecule has 1 fully saturated rings. The van der Waals surface area contributed by atoms with Crippen LogP contribution in [0, 0.1) is 12.8 Å². The number of rotatable bonds is 16. The molecule has 7 aromatic rings. The normalized spacial score (nSPS) is 14.8. The van der Waals surface area contributed by atoms with E-state index in [2.05, 4.69) is 44.8 Å². The molecule has 0 bridgehead atoms. The Morgan fingerprint density at radius 2 is 1.61 bits per heavy atom. The molecule has 8 rings (SSSR count). The SMILES string of the molecule is Cc1cc(C(=O)NCc2ccc(-c3cccc([C@](O)(C(=O)OCC4CCN(Cc5ccccc5)CC4)c4ccccc4)c3)s2)ccc1CNC[C@H](O)c1ccc(O)c2[nH]c(=O)ccc12. The number of phenols is 1. The summed E-state index contributed by atoms with van der Waals surface area (Å²) in [6.45, 7) is 5.91. The zero-order valence-electron chi connectivity index (χ0n) is 35.6. The number of aromatic hydroxyl groups is 1. The molecule has 6 N–H and O–H groups in total. The molecule has 1 saturated heterocycles. The van der Waals surface area contributed by atoms with Crippen molar-refractivity contribution in [3.63, 3.8) is 0 Å². The average molecular weight is 877 g/mol. The highest BCUT2D eigenvalue weighted by molar-refractivity contribution is 7.15. The van der Waals surface area contributed by atoms with E-state index < -0.39 is 17.7 Å². The zero-order chi connectivity index (χ0) is 44.6. The van der Waals surface area contributed by atoms with E-state index in [1.807, 2.05) is 61.5 Å². The highest BCUT2D eigenvalue weighted by Crippen LogP contribution is 2.36. The molecule has 2 atom stereocenters. The fourth-order valence-electron chi connectivity index (χ4n) is 8.37. The first-order chi connectivity index (χ1) is 31.0. The predicted molar refractivity (Wildman–Crippen MR) is 250 cm³/mol. The van der Waals surface area contributed by atoms with Crippen molar-refractivity contribution >= 4 is 34.1 Å². The second-order valence-corrected chi connectivity index (χ2v) is 17.7. The van der Waals surface area contributed by atoms with Gasteiger partial charge < -0.3 is 35.7 Å². The minimum atomic E-state index is -2.02. The summed E-state index contributed by atoms with van der Waals surface area (Å²) in [6.07, 6.45) is 0.927. The summed E-state index contributed by atoms with van der Waals surface area (Å²) >= 11 is 1.52.